The molecule has 0 aromatic heterocycles. The molecule has 0 atom stereocenters. The maximum absolute atomic E-state index is 13.0. The number of phenolic OH excluding ortho intramolecular Hbond substituents is 1. The number of hydrogen-bond acceptors (Lipinski definition) is 3. The van der Waals surface area contributed by atoms with Crippen molar-refractivity contribution in [3.63, 3.8) is 0 Å². The van der Waals surface area contributed by atoms with E-state index in [0.29, 0.717) is 0 Å². The summed E-state index contributed by atoms with van der Waals surface area (Å²) in [5.74, 6) is -0.631. The molecule has 0 spiro atoms. The molecule has 0 radical (unpaired) electrons. The first kappa shape index (κ1) is 11.6. The van der Waals surface area contributed by atoms with E-state index in [2.05, 4.69) is 0 Å². The zero-order chi connectivity index (χ0) is 12.5. The van der Waals surface area contributed by atoms with Crippen LogP contribution in [0.4, 0.5) is 4.39 Å². The van der Waals surface area contributed by atoms with E-state index in [-0.39, 0.29) is 15.5 Å². The van der Waals surface area contributed by atoms with Crippen LogP contribution in [0.2, 0.25) is 0 Å². The molecule has 0 saturated heterocycles. The topological polar surface area (TPSA) is 54.4 Å². The minimum Gasteiger partial charge on any atom is -0.508 e. The maximum atomic E-state index is 13.0. The van der Waals surface area contributed by atoms with E-state index >= 15 is 0 Å². The highest BCUT2D eigenvalue weighted by Crippen LogP contribution is 2.22. The fourth-order valence-electron chi connectivity index (χ4n) is 1.40. The van der Waals surface area contributed by atoms with Crippen molar-refractivity contribution in [2.24, 2.45) is 0 Å². The smallest absolute Gasteiger partial charge is 0.206 e. The van der Waals surface area contributed by atoms with Crippen LogP contribution < -0.4 is 0 Å². The summed E-state index contributed by atoms with van der Waals surface area (Å²) in [5.41, 5.74) is 0. The van der Waals surface area contributed by atoms with E-state index in [4.69, 9.17) is 5.11 Å². The van der Waals surface area contributed by atoms with Crippen LogP contribution in [0.25, 0.3) is 0 Å². The molecular formula is C12H9FO3S. The van der Waals surface area contributed by atoms with E-state index in [1.54, 1.807) is 0 Å². The number of aromatic hydroxyl groups is 1. The van der Waals surface area contributed by atoms with Gasteiger partial charge in [0.15, 0.2) is 0 Å². The van der Waals surface area contributed by atoms with E-state index in [1.165, 1.54) is 42.5 Å². The van der Waals surface area contributed by atoms with E-state index in [9.17, 15) is 12.8 Å². The van der Waals surface area contributed by atoms with Gasteiger partial charge >= 0.3 is 0 Å². The Balaban J connectivity index is 2.54. The second-order valence-electron chi connectivity index (χ2n) is 3.45. The molecule has 0 fully saturated rings. The van der Waals surface area contributed by atoms with Gasteiger partial charge in [0, 0.05) is 0 Å². The molecule has 2 aromatic carbocycles. The lowest BCUT2D eigenvalue weighted by Gasteiger charge is -2.04. The van der Waals surface area contributed by atoms with Gasteiger partial charge in [-0.15, -0.1) is 0 Å². The van der Waals surface area contributed by atoms with Gasteiger partial charge in [-0.25, -0.2) is 12.8 Å². The molecule has 2 rings (SSSR count). The lowest BCUT2D eigenvalue weighted by atomic mass is 10.3. The van der Waals surface area contributed by atoms with Gasteiger partial charge in [-0.1, -0.05) is 6.07 Å². The molecule has 0 heterocycles. The summed E-state index contributed by atoms with van der Waals surface area (Å²) in [6, 6.07) is 9.88. The van der Waals surface area contributed by atoms with Gasteiger partial charge in [-0.3, -0.25) is 0 Å². The Morgan fingerprint density at radius 3 is 2.18 bits per heavy atom. The van der Waals surface area contributed by atoms with Gasteiger partial charge < -0.3 is 5.11 Å². The van der Waals surface area contributed by atoms with Crippen LogP contribution in [0.15, 0.2) is 58.3 Å². The third kappa shape index (κ3) is 2.29. The molecule has 17 heavy (non-hydrogen) atoms. The zero-order valence-corrected chi connectivity index (χ0v) is 9.49. The third-order valence-corrected chi connectivity index (χ3v) is 4.02. The van der Waals surface area contributed by atoms with E-state index in [1.807, 2.05) is 0 Å². The summed E-state index contributed by atoms with van der Waals surface area (Å²) in [7, 11) is -3.73. The summed E-state index contributed by atoms with van der Waals surface area (Å²) < 4.78 is 37.1. The van der Waals surface area contributed by atoms with Crippen LogP contribution in [0, 0.1) is 5.82 Å². The average molecular weight is 252 g/mol. The molecule has 3 nitrogen and oxygen atoms in total. The van der Waals surface area contributed by atoms with Crippen molar-refractivity contribution < 1.29 is 17.9 Å². The number of phenols is 1. The molecule has 0 unspecified atom stereocenters. The van der Waals surface area contributed by atoms with Crippen molar-refractivity contribution in [2.45, 2.75) is 9.79 Å². The van der Waals surface area contributed by atoms with Crippen molar-refractivity contribution in [1.29, 1.82) is 0 Å². The quantitative estimate of drug-likeness (QED) is 0.892. The van der Waals surface area contributed by atoms with Crippen LogP contribution in [0.5, 0.6) is 5.75 Å². The van der Waals surface area contributed by atoms with Crippen LogP contribution in [0.1, 0.15) is 0 Å². The molecule has 88 valence electrons. The van der Waals surface area contributed by atoms with Crippen molar-refractivity contribution in [3.05, 3.63) is 54.3 Å². The SMILES string of the molecule is O=S(=O)(c1ccc(O)cc1)c1cccc(F)c1. The van der Waals surface area contributed by atoms with Gasteiger partial charge in [-0.05, 0) is 42.5 Å². The Labute approximate surface area is 98.1 Å². The Bertz CT molecular complexity index is 633. The second-order valence-corrected chi connectivity index (χ2v) is 5.40. The molecule has 2 aromatic rings. The fourth-order valence-corrected chi connectivity index (χ4v) is 2.69. The monoisotopic (exact) mass is 252 g/mol. The Kier molecular flexibility index (Phi) is 2.85. The molecule has 0 aliphatic rings. The van der Waals surface area contributed by atoms with E-state index in [0.717, 1.165) is 6.07 Å². The molecule has 0 saturated carbocycles. The number of sulfone groups is 1. The van der Waals surface area contributed by atoms with Crippen molar-refractivity contribution in [3.8, 4) is 5.75 Å². The summed E-state index contributed by atoms with van der Waals surface area (Å²) in [6.07, 6.45) is 0. The van der Waals surface area contributed by atoms with Crippen LogP contribution in [-0.2, 0) is 9.84 Å². The summed E-state index contributed by atoms with van der Waals surface area (Å²) in [4.78, 5) is -0.0934. The van der Waals surface area contributed by atoms with Gasteiger partial charge in [0.1, 0.15) is 11.6 Å². The molecule has 0 amide bonds. The van der Waals surface area contributed by atoms with Crippen LogP contribution >= 0.6 is 0 Å². The van der Waals surface area contributed by atoms with Gasteiger partial charge in [0.25, 0.3) is 0 Å². The van der Waals surface area contributed by atoms with Crippen LogP contribution in [-0.4, -0.2) is 13.5 Å². The van der Waals surface area contributed by atoms with Crippen molar-refractivity contribution in [1.82, 2.24) is 0 Å². The summed E-state index contributed by atoms with van der Waals surface area (Å²) in [5, 5.41) is 9.08. The predicted molar refractivity (Wildman–Crippen MR) is 60.0 cm³/mol. The fraction of sp³-hybridized carbons (Fsp3) is 0. The number of benzene rings is 2. The summed E-state index contributed by atoms with van der Waals surface area (Å²) >= 11 is 0. The third-order valence-electron chi connectivity index (χ3n) is 2.25. The Hall–Kier alpha value is -1.88. The first-order valence-electron chi connectivity index (χ1n) is 4.80. The largest absolute Gasteiger partial charge is 0.508 e. The lowest BCUT2D eigenvalue weighted by molar-refractivity contribution is 0.475. The zero-order valence-electron chi connectivity index (χ0n) is 8.67. The molecule has 0 bridgehead atoms. The highest BCUT2D eigenvalue weighted by atomic mass is 32.2. The average Bonchev–Trinajstić information content (AvgIpc) is 2.29. The molecule has 0 aliphatic heterocycles. The molecule has 1 N–H and O–H groups in total. The second kappa shape index (κ2) is 4.18. The molecule has 5 heteroatoms. The number of halogens is 1. The highest BCUT2D eigenvalue weighted by molar-refractivity contribution is 7.91. The van der Waals surface area contributed by atoms with Crippen molar-refractivity contribution >= 4 is 9.84 Å². The minimum atomic E-state index is -3.73. The van der Waals surface area contributed by atoms with Crippen LogP contribution in [0.3, 0.4) is 0 Å². The standard InChI is InChI=1S/C12H9FO3S/c13-9-2-1-3-12(8-9)17(15,16)11-6-4-10(14)5-7-11/h1-8,14H. The van der Waals surface area contributed by atoms with Gasteiger partial charge in [-0.2, -0.15) is 0 Å². The van der Waals surface area contributed by atoms with E-state index < -0.39 is 15.7 Å². The predicted octanol–water partition coefficient (Wildman–Crippen LogP) is 2.36. The Morgan fingerprint density at radius 1 is 0.941 bits per heavy atom. The maximum Gasteiger partial charge on any atom is 0.206 e. The Morgan fingerprint density at radius 2 is 1.59 bits per heavy atom. The lowest BCUT2D eigenvalue weighted by Crippen LogP contribution is -2.01. The minimum absolute atomic E-state index is 0.0147. The normalized spacial score (nSPS) is 11.4. The number of rotatable bonds is 2. The first-order valence-corrected chi connectivity index (χ1v) is 6.28. The first-order chi connectivity index (χ1) is 8.00. The van der Waals surface area contributed by atoms with Gasteiger partial charge in [0.2, 0.25) is 9.84 Å². The number of hydrogen-bond donors (Lipinski definition) is 1. The molecule has 0 aliphatic carbocycles. The highest BCUT2D eigenvalue weighted by Gasteiger charge is 2.17. The van der Waals surface area contributed by atoms with Crippen molar-refractivity contribution in [2.75, 3.05) is 0 Å². The summed E-state index contributed by atoms with van der Waals surface area (Å²) in [6.45, 7) is 0. The van der Waals surface area contributed by atoms with Gasteiger partial charge in [0.05, 0.1) is 9.79 Å². The molecular weight excluding hydrogens is 243 g/mol.